The van der Waals surface area contributed by atoms with Crippen LogP contribution in [0.2, 0.25) is 10.0 Å². The highest BCUT2D eigenvalue weighted by Crippen LogP contribution is 2.40. The normalized spacial score (nSPS) is 11.9. The van der Waals surface area contributed by atoms with E-state index in [1.807, 2.05) is 54.6 Å². The number of hydrogen-bond donors (Lipinski definition) is 0. The first-order chi connectivity index (χ1) is 16.9. The van der Waals surface area contributed by atoms with Crippen LogP contribution in [0.15, 0.2) is 84.9 Å². The van der Waals surface area contributed by atoms with Gasteiger partial charge in [0, 0.05) is 16.1 Å². The Labute approximate surface area is 224 Å². The van der Waals surface area contributed by atoms with Crippen LogP contribution in [0.1, 0.15) is 52.7 Å². The summed E-state index contributed by atoms with van der Waals surface area (Å²) in [6.07, 6.45) is 0. The lowest BCUT2D eigenvalue weighted by Crippen LogP contribution is -2.17. The van der Waals surface area contributed by atoms with Crippen LogP contribution >= 0.6 is 23.2 Å². The first-order valence-electron chi connectivity index (χ1n) is 12.1. The van der Waals surface area contributed by atoms with Gasteiger partial charge < -0.3 is 9.47 Å². The molecule has 0 aliphatic rings. The van der Waals surface area contributed by atoms with Crippen molar-refractivity contribution in [1.29, 1.82) is 0 Å². The molecule has 0 aliphatic carbocycles. The highest BCUT2D eigenvalue weighted by molar-refractivity contribution is 6.31. The van der Waals surface area contributed by atoms with Gasteiger partial charge in [0.05, 0.1) is 0 Å². The first kappa shape index (κ1) is 26.1. The first-order valence-corrected chi connectivity index (χ1v) is 12.8. The second-order valence-corrected chi connectivity index (χ2v) is 11.9. The van der Waals surface area contributed by atoms with Crippen molar-refractivity contribution in [3.05, 3.63) is 106 Å². The Balaban J connectivity index is 1.85. The number of benzene rings is 4. The number of hydrogen-bond acceptors (Lipinski definition) is 2. The van der Waals surface area contributed by atoms with E-state index in [0.29, 0.717) is 33.0 Å². The molecule has 0 saturated heterocycles. The predicted octanol–water partition coefficient (Wildman–Crippen LogP) is 10.8. The molecule has 2 nitrogen and oxygen atoms in total. The zero-order valence-electron chi connectivity index (χ0n) is 21.7. The second-order valence-electron chi connectivity index (χ2n) is 11.1. The van der Waals surface area contributed by atoms with E-state index in [4.69, 9.17) is 32.7 Å². The zero-order valence-corrected chi connectivity index (χ0v) is 23.2. The average molecular weight is 520 g/mol. The van der Waals surface area contributed by atoms with Gasteiger partial charge in [-0.1, -0.05) is 95.1 Å². The minimum Gasteiger partial charge on any atom is -0.457 e. The molecule has 0 amide bonds. The maximum atomic E-state index is 6.24. The van der Waals surface area contributed by atoms with E-state index >= 15 is 0 Å². The van der Waals surface area contributed by atoms with E-state index in [2.05, 4.69) is 59.7 Å². The molecule has 0 fully saturated rings. The zero-order chi connectivity index (χ0) is 26.1. The van der Waals surface area contributed by atoms with Crippen molar-refractivity contribution in [3.63, 3.8) is 0 Å². The summed E-state index contributed by atoms with van der Waals surface area (Å²) in [5.41, 5.74) is 4.71. The SMILES string of the molecule is CC(C)(C)c1ccc(-c2cc(Oc3cccc(Cl)c3)cc(Oc3cccc(Cl)c3)c2)c(C(C)(C)C)c1. The monoisotopic (exact) mass is 518 g/mol. The molecular weight excluding hydrogens is 487 g/mol. The van der Waals surface area contributed by atoms with Gasteiger partial charge in [-0.05, 0) is 81.6 Å². The van der Waals surface area contributed by atoms with E-state index in [1.54, 1.807) is 12.1 Å². The van der Waals surface area contributed by atoms with Crippen molar-refractivity contribution in [2.24, 2.45) is 0 Å². The third kappa shape index (κ3) is 6.43. The summed E-state index contributed by atoms with van der Waals surface area (Å²) < 4.78 is 12.5. The van der Waals surface area contributed by atoms with Gasteiger partial charge in [0.1, 0.15) is 23.0 Å². The molecule has 0 saturated carbocycles. The van der Waals surface area contributed by atoms with Gasteiger partial charge in [-0.2, -0.15) is 0 Å². The Morgan fingerprint density at radius 1 is 0.528 bits per heavy atom. The van der Waals surface area contributed by atoms with Crippen LogP contribution in [-0.4, -0.2) is 0 Å². The second kappa shape index (κ2) is 10.2. The number of ether oxygens (including phenoxy) is 2. The molecule has 0 aliphatic heterocycles. The lowest BCUT2D eigenvalue weighted by Gasteiger charge is -2.28. The Kier molecular flexibility index (Phi) is 7.41. The van der Waals surface area contributed by atoms with Crippen LogP contribution in [0.25, 0.3) is 11.1 Å². The average Bonchev–Trinajstić information content (AvgIpc) is 2.77. The minimum absolute atomic E-state index is 0.0525. The fourth-order valence-corrected chi connectivity index (χ4v) is 4.42. The molecule has 0 aromatic heterocycles. The van der Waals surface area contributed by atoms with Crippen LogP contribution in [0.4, 0.5) is 0 Å². The summed E-state index contributed by atoms with van der Waals surface area (Å²) >= 11 is 12.4. The largest absolute Gasteiger partial charge is 0.457 e. The predicted molar refractivity (Wildman–Crippen MR) is 152 cm³/mol. The number of rotatable bonds is 5. The van der Waals surface area contributed by atoms with Crippen molar-refractivity contribution >= 4 is 23.2 Å². The molecule has 0 spiro atoms. The van der Waals surface area contributed by atoms with Gasteiger partial charge in [0.2, 0.25) is 0 Å². The van der Waals surface area contributed by atoms with Gasteiger partial charge in [-0.25, -0.2) is 0 Å². The molecule has 4 aromatic carbocycles. The van der Waals surface area contributed by atoms with Crippen molar-refractivity contribution < 1.29 is 9.47 Å². The quantitative estimate of drug-likeness (QED) is 0.261. The molecule has 4 heteroatoms. The molecule has 0 atom stereocenters. The van der Waals surface area contributed by atoms with Crippen LogP contribution < -0.4 is 9.47 Å². The third-order valence-electron chi connectivity index (χ3n) is 5.95. The van der Waals surface area contributed by atoms with Crippen LogP contribution in [-0.2, 0) is 10.8 Å². The van der Waals surface area contributed by atoms with Gasteiger partial charge in [0.25, 0.3) is 0 Å². The molecule has 0 bridgehead atoms. The Hall–Kier alpha value is -2.94. The van der Waals surface area contributed by atoms with Gasteiger partial charge in [0.15, 0.2) is 0 Å². The molecule has 4 rings (SSSR count). The van der Waals surface area contributed by atoms with Gasteiger partial charge >= 0.3 is 0 Å². The third-order valence-corrected chi connectivity index (χ3v) is 6.42. The lowest BCUT2D eigenvalue weighted by atomic mass is 9.77. The minimum atomic E-state index is -0.0611. The molecular formula is C32H32Cl2O2. The van der Waals surface area contributed by atoms with E-state index in [9.17, 15) is 0 Å². The Morgan fingerprint density at radius 3 is 1.50 bits per heavy atom. The van der Waals surface area contributed by atoms with E-state index < -0.39 is 0 Å². The van der Waals surface area contributed by atoms with Crippen molar-refractivity contribution in [2.45, 2.75) is 52.4 Å². The highest BCUT2D eigenvalue weighted by Gasteiger charge is 2.23. The molecule has 0 N–H and O–H groups in total. The summed E-state index contributed by atoms with van der Waals surface area (Å²) in [7, 11) is 0. The molecule has 0 heterocycles. The topological polar surface area (TPSA) is 18.5 Å². The summed E-state index contributed by atoms with van der Waals surface area (Å²) in [6.45, 7) is 13.5. The Morgan fingerprint density at radius 2 is 1.06 bits per heavy atom. The van der Waals surface area contributed by atoms with E-state index in [-0.39, 0.29) is 10.8 Å². The maximum absolute atomic E-state index is 6.24. The summed E-state index contributed by atoms with van der Waals surface area (Å²) in [6, 6.07) is 27.5. The van der Waals surface area contributed by atoms with Crippen molar-refractivity contribution in [3.8, 4) is 34.1 Å². The fourth-order valence-electron chi connectivity index (χ4n) is 4.06. The van der Waals surface area contributed by atoms with E-state index in [1.165, 1.54) is 11.1 Å². The number of halogens is 2. The molecule has 186 valence electrons. The van der Waals surface area contributed by atoms with E-state index in [0.717, 1.165) is 11.1 Å². The van der Waals surface area contributed by atoms with Crippen LogP contribution in [0, 0.1) is 0 Å². The van der Waals surface area contributed by atoms with Gasteiger partial charge in [-0.15, -0.1) is 0 Å². The van der Waals surface area contributed by atoms with Crippen molar-refractivity contribution in [1.82, 2.24) is 0 Å². The summed E-state index contributed by atoms with van der Waals surface area (Å²) in [4.78, 5) is 0. The van der Waals surface area contributed by atoms with Crippen LogP contribution in [0.5, 0.6) is 23.0 Å². The molecule has 4 aromatic rings. The van der Waals surface area contributed by atoms with Gasteiger partial charge in [-0.3, -0.25) is 0 Å². The highest BCUT2D eigenvalue weighted by atomic mass is 35.5. The lowest BCUT2D eigenvalue weighted by molar-refractivity contribution is 0.460. The molecule has 0 unspecified atom stereocenters. The molecule has 0 radical (unpaired) electrons. The smallest absolute Gasteiger partial charge is 0.131 e. The standard InChI is InChI=1S/C32H32Cl2O2/c1-31(2,3)22-13-14-29(30(17-22)32(4,5)6)21-15-27(35-25-11-7-9-23(33)18-25)20-28(16-21)36-26-12-8-10-24(34)19-26/h7-20H,1-6H3. The maximum Gasteiger partial charge on any atom is 0.131 e. The van der Waals surface area contributed by atoms with Crippen LogP contribution in [0.3, 0.4) is 0 Å². The summed E-state index contributed by atoms with van der Waals surface area (Å²) in [5, 5.41) is 1.23. The molecule has 36 heavy (non-hydrogen) atoms. The fraction of sp³-hybridized carbons (Fsp3) is 0.250. The van der Waals surface area contributed by atoms with Crippen molar-refractivity contribution in [2.75, 3.05) is 0 Å². The Bertz CT molecular complexity index is 1310. The summed E-state index contributed by atoms with van der Waals surface area (Å²) in [5.74, 6) is 2.64.